The van der Waals surface area contributed by atoms with Gasteiger partial charge in [-0.1, -0.05) is 31.5 Å². The van der Waals surface area contributed by atoms with E-state index in [0.717, 1.165) is 12.8 Å². The number of rotatable bonds is 7. The van der Waals surface area contributed by atoms with E-state index >= 15 is 0 Å². The number of hydrogen-bond acceptors (Lipinski definition) is 3. The van der Waals surface area contributed by atoms with Gasteiger partial charge in [0.15, 0.2) is 0 Å². The monoisotopic (exact) mass is 312 g/mol. The van der Waals surface area contributed by atoms with Crippen LogP contribution in [-0.4, -0.2) is 18.4 Å². The predicted octanol–water partition coefficient (Wildman–Crippen LogP) is 3.22. The number of nitrogens with one attached hydrogen (secondary N) is 1. The molecule has 0 heterocycles. The summed E-state index contributed by atoms with van der Waals surface area (Å²) in [6, 6.07) is 13.6. The number of amides is 2. The first-order valence-electron chi connectivity index (χ1n) is 7.55. The molecule has 0 radical (unpaired) electrons. The number of anilines is 1. The number of unbranched alkanes of at least 4 members (excludes halogenated alkanes) is 1. The third-order valence-electron chi connectivity index (χ3n) is 3.29. The number of nitrogens with two attached hydrogens (primary N) is 1. The molecule has 2 aromatic carbocycles. The molecule has 0 saturated heterocycles. The van der Waals surface area contributed by atoms with E-state index < -0.39 is 5.91 Å². The van der Waals surface area contributed by atoms with E-state index in [-0.39, 0.29) is 5.91 Å². The highest BCUT2D eigenvalue weighted by atomic mass is 16.5. The molecule has 0 spiro atoms. The van der Waals surface area contributed by atoms with Crippen LogP contribution >= 0.6 is 0 Å². The average molecular weight is 312 g/mol. The van der Waals surface area contributed by atoms with Gasteiger partial charge < -0.3 is 15.8 Å². The Morgan fingerprint density at radius 1 is 1.13 bits per heavy atom. The molecule has 2 rings (SSSR count). The third kappa shape index (κ3) is 4.57. The molecule has 0 unspecified atom stereocenters. The molecule has 5 heteroatoms. The van der Waals surface area contributed by atoms with Gasteiger partial charge in [-0.05, 0) is 36.8 Å². The second-order valence-corrected chi connectivity index (χ2v) is 5.10. The molecule has 3 N–H and O–H groups in total. The molecular weight excluding hydrogens is 292 g/mol. The molecular formula is C18H20N2O3. The molecule has 0 fully saturated rings. The van der Waals surface area contributed by atoms with Crippen molar-refractivity contribution in [2.75, 3.05) is 11.9 Å². The van der Waals surface area contributed by atoms with Crippen LogP contribution in [0.25, 0.3) is 0 Å². The number of ether oxygens (including phenoxy) is 1. The summed E-state index contributed by atoms with van der Waals surface area (Å²) in [4.78, 5) is 23.6. The van der Waals surface area contributed by atoms with Crippen LogP contribution in [0.2, 0.25) is 0 Å². The van der Waals surface area contributed by atoms with E-state index in [1.165, 1.54) is 0 Å². The highest BCUT2D eigenvalue weighted by Crippen LogP contribution is 2.20. The van der Waals surface area contributed by atoms with Gasteiger partial charge in [-0.2, -0.15) is 0 Å². The lowest BCUT2D eigenvalue weighted by atomic mass is 10.1. The number of carbonyl (C=O) groups excluding carboxylic acids is 2. The van der Waals surface area contributed by atoms with Gasteiger partial charge in [0.05, 0.1) is 12.2 Å². The summed E-state index contributed by atoms with van der Waals surface area (Å²) in [5, 5.41) is 2.76. The maximum Gasteiger partial charge on any atom is 0.259 e. The Labute approximate surface area is 135 Å². The van der Waals surface area contributed by atoms with Crippen LogP contribution in [0.5, 0.6) is 5.75 Å². The van der Waals surface area contributed by atoms with Crippen LogP contribution < -0.4 is 15.8 Å². The van der Waals surface area contributed by atoms with E-state index in [2.05, 4.69) is 12.2 Å². The zero-order chi connectivity index (χ0) is 16.7. The van der Waals surface area contributed by atoms with Crippen molar-refractivity contribution in [3.05, 3.63) is 59.7 Å². The Morgan fingerprint density at radius 3 is 2.65 bits per heavy atom. The Morgan fingerprint density at radius 2 is 1.91 bits per heavy atom. The second kappa shape index (κ2) is 7.98. The van der Waals surface area contributed by atoms with Crippen LogP contribution in [0.4, 0.5) is 5.69 Å². The topological polar surface area (TPSA) is 81.4 Å². The summed E-state index contributed by atoms with van der Waals surface area (Å²) in [5.74, 6) is -0.285. The Kier molecular flexibility index (Phi) is 5.74. The van der Waals surface area contributed by atoms with Crippen molar-refractivity contribution in [1.29, 1.82) is 0 Å². The fourth-order valence-electron chi connectivity index (χ4n) is 2.06. The van der Waals surface area contributed by atoms with E-state index in [1.54, 1.807) is 42.5 Å². The van der Waals surface area contributed by atoms with Gasteiger partial charge in [0.25, 0.3) is 5.91 Å². The van der Waals surface area contributed by atoms with Crippen LogP contribution in [-0.2, 0) is 0 Å². The van der Waals surface area contributed by atoms with Crippen molar-refractivity contribution in [2.45, 2.75) is 19.8 Å². The lowest BCUT2D eigenvalue weighted by Gasteiger charge is -2.11. The summed E-state index contributed by atoms with van der Waals surface area (Å²) in [5.41, 5.74) is 6.55. The minimum Gasteiger partial charge on any atom is -0.493 e. The van der Waals surface area contributed by atoms with Crippen LogP contribution in [0.1, 0.15) is 40.5 Å². The number of carbonyl (C=O) groups is 2. The summed E-state index contributed by atoms with van der Waals surface area (Å²) < 4.78 is 5.66. The molecule has 0 aromatic heterocycles. The molecule has 2 amide bonds. The van der Waals surface area contributed by atoms with Crippen LogP contribution in [0, 0.1) is 0 Å². The fourth-order valence-corrected chi connectivity index (χ4v) is 2.06. The highest BCUT2D eigenvalue weighted by Gasteiger charge is 2.13. The molecule has 0 aliphatic heterocycles. The summed E-state index contributed by atoms with van der Waals surface area (Å²) in [7, 11) is 0. The number of hydrogen-bond donors (Lipinski definition) is 2. The molecule has 0 bridgehead atoms. The first-order valence-corrected chi connectivity index (χ1v) is 7.55. The fraction of sp³-hybridized carbons (Fsp3) is 0.222. The van der Waals surface area contributed by atoms with Gasteiger partial charge in [-0.25, -0.2) is 0 Å². The van der Waals surface area contributed by atoms with E-state index in [4.69, 9.17) is 10.5 Å². The van der Waals surface area contributed by atoms with Gasteiger partial charge in [-0.3, -0.25) is 9.59 Å². The van der Waals surface area contributed by atoms with Gasteiger partial charge in [0.2, 0.25) is 5.91 Å². The molecule has 2 aromatic rings. The summed E-state index contributed by atoms with van der Waals surface area (Å²) in [6.45, 7) is 2.64. The Balaban J connectivity index is 2.14. The predicted molar refractivity (Wildman–Crippen MR) is 89.8 cm³/mol. The summed E-state index contributed by atoms with van der Waals surface area (Å²) >= 11 is 0. The van der Waals surface area contributed by atoms with E-state index in [0.29, 0.717) is 29.2 Å². The van der Waals surface area contributed by atoms with Gasteiger partial charge in [0.1, 0.15) is 5.75 Å². The Hall–Kier alpha value is -2.82. The third-order valence-corrected chi connectivity index (χ3v) is 3.29. The number of para-hydroxylation sites is 1. The minimum absolute atomic E-state index is 0.293. The molecule has 0 aliphatic carbocycles. The molecule has 120 valence electrons. The standard InChI is InChI=1S/C18H20N2O3/c1-2-3-11-23-16-10-5-4-9-15(16)18(22)20-14-8-6-7-13(12-14)17(19)21/h4-10,12H,2-3,11H2,1H3,(H2,19,21)(H,20,22). The maximum atomic E-state index is 12.4. The van der Waals surface area contributed by atoms with Crippen LogP contribution in [0.3, 0.4) is 0 Å². The zero-order valence-electron chi connectivity index (χ0n) is 13.0. The van der Waals surface area contributed by atoms with Gasteiger partial charge in [-0.15, -0.1) is 0 Å². The number of benzene rings is 2. The average Bonchev–Trinajstić information content (AvgIpc) is 2.55. The van der Waals surface area contributed by atoms with Crippen LogP contribution in [0.15, 0.2) is 48.5 Å². The van der Waals surface area contributed by atoms with Crippen molar-refractivity contribution in [1.82, 2.24) is 0 Å². The normalized spacial score (nSPS) is 10.1. The minimum atomic E-state index is -0.538. The number of primary amides is 1. The quantitative estimate of drug-likeness (QED) is 0.770. The second-order valence-electron chi connectivity index (χ2n) is 5.10. The molecule has 0 aliphatic rings. The first-order chi connectivity index (χ1) is 11.1. The van der Waals surface area contributed by atoms with Crippen molar-refractivity contribution < 1.29 is 14.3 Å². The van der Waals surface area contributed by atoms with Crippen molar-refractivity contribution in [3.8, 4) is 5.75 Å². The van der Waals surface area contributed by atoms with Gasteiger partial charge >= 0.3 is 0 Å². The maximum absolute atomic E-state index is 12.4. The largest absolute Gasteiger partial charge is 0.493 e. The molecule has 0 saturated carbocycles. The molecule has 5 nitrogen and oxygen atoms in total. The smallest absolute Gasteiger partial charge is 0.259 e. The highest BCUT2D eigenvalue weighted by molar-refractivity contribution is 6.06. The molecule has 23 heavy (non-hydrogen) atoms. The van der Waals surface area contributed by atoms with Crippen molar-refractivity contribution in [3.63, 3.8) is 0 Å². The van der Waals surface area contributed by atoms with E-state index in [1.807, 2.05) is 6.07 Å². The molecule has 0 atom stereocenters. The van der Waals surface area contributed by atoms with Crippen molar-refractivity contribution >= 4 is 17.5 Å². The lowest BCUT2D eigenvalue weighted by Crippen LogP contribution is -2.15. The van der Waals surface area contributed by atoms with Gasteiger partial charge in [0, 0.05) is 11.3 Å². The SMILES string of the molecule is CCCCOc1ccccc1C(=O)Nc1cccc(C(N)=O)c1. The summed E-state index contributed by atoms with van der Waals surface area (Å²) in [6.07, 6.45) is 1.95. The van der Waals surface area contributed by atoms with Crippen molar-refractivity contribution in [2.24, 2.45) is 5.73 Å². The van der Waals surface area contributed by atoms with E-state index in [9.17, 15) is 9.59 Å². The lowest BCUT2D eigenvalue weighted by molar-refractivity contribution is 0.0995. The first kappa shape index (κ1) is 16.5. The Bertz CT molecular complexity index is 698. The zero-order valence-corrected chi connectivity index (χ0v) is 13.0.